The molecule has 0 spiro atoms. The van der Waals surface area contributed by atoms with Crippen molar-refractivity contribution >= 4 is 11.7 Å². The van der Waals surface area contributed by atoms with Gasteiger partial charge in [0.1, 0.15) is 0 Å². The van der Waals surface area contributed by atoms with Crippen molar-refractivity contribution in [3.05, 3.63) is 82.5 Å². The Morgan fingerprint density at radius 1 is 1.11 bits per heavy atom. The van der Waals surface area contributed by atoms with Crippen LogP contribution in [-0.2, 0) is 17.8 Å². The lowest BCUT2D eigenvalue weighted by Crippen LogP contribution is -2.22. The first-order valence-corrected chi connectivity index (χ1v) is 9.12. The summed E-state index contributed by atoms with van der Waals surface area (Å²) in [5.74, 6) is -0.705. The summed E-state index contributed by atoms with van der Waals surface area (Å²) < 4.78 is 1.58. The van der Waals surface area contributed by atoms with Crippen LogP contribution in [0.3, 0.4) is 0 Å². The van der Waals surface area contributed by atoms with Crippen molar-refractivity contribution < 1.29 is 9.90 Å². The number of nitrogen functional groups attached to an aromatic ring is 1. The van der Waals surface area contributed by atoms with Crippen LogP contribution in [0, 0.1) is 5.92 Å². The number of nitrogens with two attached hydrogens (primary N) is 1. The molecule has 0 bridgehead atoms. The van der Waals surface area contributed by atoms with Crippen LogP contribution >= 0.6 is 0 Å². The fourth-order valence-corrected chi connectivity index (χ4v) is 3.17. The van der Waals surface area contributed by atoms with Gasteiger partial charge < -0.3 is 10.8 Å². The van der Waals surface area contributed by atoms with Gasteiger partial charge in [0.05, 0.1) is 18.4 Å². The number of nitrogens with zero attached hydrogens (tertiary/aromatic N) is 2. The zero-order valence-corrected chi connectivity index (χ0v) is 15.7. The van der Waals surface area contributed by atoms with E-state index in [0.29, 0.717) is 24.2 Å². The molecule has 0 fully saturated rings. The van der Waals surface area contributed by atoms with Gasteiger partial charge in [-0.05, 0) is 41.2 Å². The van der Waals surface area contributed by atoms with Crippen molar-refractivity contribution in [1.29, 1.82) is 0 Å². The predicted molar refractivity (Wildman–Crippen MR) is 109 cm³/mol. The van der Waals surface area contributed by atoms with E-state index in [0.717, 1.165) is 16.7 Å². The lowest BCUT2D eigenvalue weighted by atomic mass is 9.97. The highest BCUT2D eigenvalue weighted by Gasteiger charge is 2.10. The van der Waals surface area contributed by atoms with Gasteiger partial charge in [-0.15, -0.1) is 0 Å². The number of hydrogen-bond acceptors (Lipinski definition) is 4. The molecular weight excluding hydrogens is 354 g/mol. The van der Waals surface area contributed by atoms with Gasteiger partial charge in [0.2, 0.25) is 0 Å². The summed E-state index contributed by atoms with van der Waals surface area (Å²) in [5.41, 5.74) is 9.62. The third-order valence-electron chi connectivity index (χ3n) is 4.61. The van der Waals surface area contributed by atoms with Gasteiger partial charge in [-0.2, -0.15) is 0 Å². The first-order valence-electron chi connectivity index (χ1n) is 9.12. The van der Waals surface area contributed by atoms with Crippen molar-refractivity contribution in [2.75, 3.05) is 5.73 Å². The maximum atomic E-state index is 12.8. The molecule has 3 aromatic rings. The van der Waals surface area contributed by atoms with E-state index in [9.17, 15) is 9.59 Å². The first-order chi connectivity index (χ1) is 13.4. The Morgan fingerprint density at radius 3 is 2.39 bits per heavy atom. The van der Waals surface area contributed by atoms with Crippen molar-refractivity contribution in [1.82, 2.24) is 9.55 Å². The maximum absolute atomic E-state index is 12.8. The molecule has 3 N–H and O–H groups in total. The highest BCUT2D eigenvalue weighted by molar-refractivity contribution is 5.67. The third-order valence-corrected chi connectivity index (χ3v) is 4.61. The van der Waals surface area contributed by atoms with Crippen LogP contribution in [0.1, 0.15) is 24.5 Å². The number of aliphatic carboxylic acids is 1. The van der Waals surface area contributed by atoms with Crippen molar-refractivity contribution in [3.8, 4) is 11.1 Å². The van der Waals surface area contributed by atoms with Crippen molar-refractivity contribution in [3.63, 3.8) is 0 Å². The van der Waals surface area contributed by atoms with E-state index < -0.39 is 5.97 Å². The van der Waals surface area contributed by atoms with Gasteiger partial charge in [-0.25, -0.2) is 4.98 Å². The highest BCUT2D eigenvalue weighted by atomic mass is 16.4. The number of carboxylic acid groups (broad SMARTS) is 1. The lowest BCUT2D eigenvalue weighted by molar-refractivity contribution is -0.137. The summed E-state index contributed by atoms with van der Waals surface area (Å²) in [6.45, 7) is 2.34. The zero-order chi connectivity index (χ0) is 20.1. The van der Waals surface area contributed by atoms with Gasteiger partial charge in [0.25, 0.3) is 5.56 Å². The Labute approximate surface area is 163 Å². The van der Waals surface area contributed by atoms with Crippen molar-refractivity contribution in [2.24, 2.45) is 5.92 Å². The van der Waals surface area contributed by atoms with E-state index in [1.165, 1.54) is 6.33 Å². The number of rotatable bonds is 7. The Kier molecular flexibility index (Phi) is 5.89. The largest absolute Gasteiger partial charge is 0.481 e. The Hall–Kier alpha value is -3.41. The second-order valence-corrected chi connectivity index (χ2v) is 7.09. The molecular formula is C22H23N3O3. The molecule has 2 aromatic carbocycles. The van der Waals surface area contributed by atoms with E-state index in [-0.39, 0.29) is 17.9 Å². The number of benzene rings is 2. The minimum atomic E-state index is -0.781. The number of anilines is 1. The fraction of sp³-hybridized carbons (Fsp3) is 0.227. The molecule has 0 saturated carbocycles. The number of aromatic nitrogens is 2. The van der Waals surface area contributed by atoms with Gasteiger partial charge in [0.15, 0.2) is 0 Å². The quantitative estimate of drug-likeness (QED) is 0.616. The molecule has 1 atom stereocenters. The predicted octanol–water partition coefficient (Wildman–Crippen LogP) is 3.19. The average Bonchev–Trinajstić information content (AvgIpc) is 2.65. The second-order valence-electron chi connectivity index (χ2n) is 7.09. The van der Waals surface area contributed by atoms with Crippen LogP contribution < -0.4 is 11.3 Å². The van der Waals surface area contributed by atoms with Crippen LogP contribution in [0.5, 0.6) is 0 Å². The molecule has 0 aliphatic rings. The minimum absolute atomic E-state index is 0.0757. The van der Waals surface area contributed by atoms with Crippen LogP contribution in [0.15, 0.2) is 65.8 Å². The zero-order valence-electron chi connectivity index (χ0n) is 15.7. The minimum Gasteiger partial charge on any atom is -0.481 e. The molecule has 28 heavy (non-hydrogen) atoms. The summed E-state index contributed by atoms with van der Waals surface area (Å²) in [4.78, 5) is 27.8. The maximum Gasteiger partial charge on any atom is 0.303 e. The van der Waals surface area contributed by atoms with Gasteiger partial charge in [-0.3, -0.25) is 14.2 Å². The van der Waals surface area contributed by atoms with Crippen molar-refractivity contribution in [2.45, 2.75) is 26.3 Å². The first kappa shape index (κ1) is 19.4. The summed E-state index contributed by atoms with van der Waals surface area (Å²) in [6, 6.07) is 15.0. The third kappa shape index (κ3) is 4.85. The topological polar surface area (TPSA) is 98.2 Å². The van der Waals surface area contributed by atoms with Crippen LogP contribution in [0.2, 0.25) is 0 Å². The molecule has 1 heterocycles. The lowest BCUT2D eigenvalue weighted by Gasteiger charge is -2.11. The fourth-order valence-electron chi connectivity index (χ4n) is 3.17. The smallest absolute Gasteiger partial charge is 0.303 e. The standard InChI is InChI=1S/C22H23N3O3/c1-15(11-21(26)27)10-16-2-4-17(5-3-16)13-25-14-24-12-20(22(25)28)18-6-8-19(23)9-7-18/h2-9,12,14-15H,10-11,13,23H2,1H3,(H,26,27). The van der Waals surface area contributed by atoms with E-state index >= 15 is 0 Å². The molecule has 6 heteroatoms. The molecule has 0 saturated heterocycles. The number of carbonyl (C=O) groups is 1. The van der Waals surface area contributed by atoms with E-state index in [4.69, 9.17) is 10.8 Å². The monoisotopic (exact) mass is 377 g/mol. The van der Waals surface area contributed by atoms with E-state index in [2.05, 4.69) is 4.98 Å². The second kappa shape index (κ2) is 8.52. The van der Waals surface area contributed by atoms with Crippen LogP contribution in [0.25, 0.3) is 11.1 Å². The van der Waals surface area contributed by atoms with Gasteiger partial charge in [0, 0.05) is 18.3 Å². The molecule has 0 aliphatic carbocycles. The molecule has 1 aromatic heterocycles. The molecule has 6 nitrogen and oxygen atoms in total. The van der Waals surface area contributed by atoms with E-state index in [1.54, 1.807) is 22.9 Å². The Balaban J connectivity index is 1.75. The Morgan fingerprint density at radius 2 is 1.75 bits per heavy atom. The average molecular weight is 377 g/mol. The molecule has 1 unspecified atom stereocenters. The van der Waals surface area contributed by atoms with E-state index in [1.807, 2.05) is 43.3 Å². The highest BCUT2D eigenvalue weighted by Crippen LogP contribution is 2.17. The van der Waals surface area contributed by atoms with Gasteiger partial charge >= 0.3 is 5.97 Å². The molecule has 144 valence electrons. The summed E-state index contributed by atoms with van der Waals surface area (Å²) >= 11 is 0. The summed E-state index contributed by atoms with van der Waals surface area (Å²) in [5, 5.41) is 8.87. The normalized spacial score (nSPS) is 11.9. The molecule has 0 amide bonds. The number of carboxylic acids is 1. The summed E-state index contributed by atoms with van der Waals surface area (Å²) in [6.07, 6.45) is 3.96. The van der Waals surface area contributed by atoms with Gasteiger partial charge in [-0.1, -0.05) is 43.3 Å². The molecule has 0 radical (unpaired) electrons. The molecule has 3 rings (SSSR count). The van der Waals surface area contributed by atoms with Crippen LogP contribution in [-0.4, -0.2) is 20.6 Å². The number of hydrogen-bond donors (Lipinski definition) is 2. The Bertz CT molecular complexity index is 1010. The SMILES string of the molecule is CC(CC(=O)O)Cc1ccc(Cn2cncc(-c3ccc(N)cc3)c2=O)cc1. The van der Waals surface area contributed by atoms with Crippen LogP contribution in [0.4, 0.5) is 5.69 Å². The molecule has 0 aliphatic heterocycles. The summed E-state index contributed by atoms with van der Waals surface area (Å²) in [7, 11) is 0.